The zero-order valence-corrected chi connectivity index (χ0v) is 12.8. The summed E-state index contributed by atoms with van der Waals surface area (Å²) in [4.78, 5) is 17.3. The van der Waals surface area contributed by atoms with Crippen molar-refractivity contribution in [1.29, 1.82) is 0 Å². The van der Waals surface area contributed by atoms with E-state index < -0.39 is 0 Å². The molecule has 3 heterocycles. The third-order valence-corrected chi connectivity index (χ3v) is 5.77. The molecule has 0 aromatic rings. The van der Waals surface area contributed by atoms with Gasteiger partial charge in [-0.3, -0.25) is 4.79 Å². The number of piperidine rings is 2. The van der Waals surface area contributed by atoms with Crippen molar-refractivity contribution in [2.24, 2.45) is 5.92 Å². The molecule has 3 fully saturated rings. The Bertz CT molecular complexity index is 344. The van der Waals surface area contributed by atoms with Gasteiger partial charge in [-0.2, -0.15) is 0 Å². The Morgan fingerprint density at radius 1 is 1.05 bits per heavy atom. The molecule has 1 spiro atoms. The number of ether oxygens (including phenoxy) is 1. The van der Waals surface area contributed by atoms with E-state index in [9.17, 15) is 4.79 Å². The summed E-state index contributed by atoms with van der Waals surface area (Å²) in [5.74, 6) is 0.614. The smallest absolute Gasteiger partial charge is 0.225 e. The van der Waals surface area contributed by atoms with E-state index in [1.807, 2.05) is 0 Å². The molecule has 20 heavy (non-hydrogen) atoms. The second kappa shape index (κ2) is 6.02. The maximum Gasteiger partial charge on any atom is 0.225 e. The summed E-state index contributed by atoms with van der Waals surface area (Å²) in [7, 11) is 2.27. The van der Waals surface area contributed by atoms with Gasteiger partial charge in [0.15, 0.2) is 0 Å². The lowest BCUT2D eigenvalue weighted by Gasteiger charge is -2.50. The first-order valence-corrected chi connectivity index (χ1v) is 8.29. The molecule has 0 saturated carbocycles. The van der Waals surface area contributed by atoms with Crippen LogP contribution in [0.3, 0.4) is 0 Å². The van der Waals surface area contributed by atoms with E-state index in [0.717, 1.165) is 39.1 Å². The third-order valence-electron chi connectivity index (χ3n) is 5.77. The zero-order valence-electron chi connectivity index (χ0n) is 12.8. The Labute approximate surface area is 122 Å². The van der Waals surface area contributed by atoms with Gasteiger partial charge in [0, 0.05) is 37.8 Å². The lowest BCUT2D eigenvalue weighted by molar-refractivity contribution is -0.141. The Morgan fingerprint density at radius 2 is 1.75 bits per heavy atom. The molecule has 1 amide bonds. The Kier molecular flexibility index (Phi) is 4.32. The highest BCUT2D eigenvalue weighted by Crippen LogP contribution is 2.36. The number of carbonyl (C=O) groups is 1. The van der Waals surface area contributed by atoms with Crippen LogP contribution >= 0.6 is 0 Å². The third kappa shape index (κ3) is 2.73. The number of hydrogen-bond donors (Lipinski definition) is 0. The normalized spacial score (nSPS) is 28.8. The summed E-state index contributed by atoms with van der Waals surface area (Å²) in [6.07, 6.45) is 8.18. The van der Waals surface area contributed by atoms with E-state index in [4.69, 9.17) is 4.74 Å². The van der Waals surface area contributed by atoms with Gasteiger partial charge in [-0.1, -0.05) is 6.42 Å². The first-order valence-electron chi connectivity index (χ1n) is 8.29. The predicted octanol–water partition coefficient (Wildman–Crippen LogP) is 1.89. The average molecular weight is 280 g/mol. The van der Waals surface area contributed by atoms with Gasteiger partial charge in [-0.15, -0.1) is 0 Å². The van der Waals surface area contributed by atoms with Gasteiger partial charge in [0.05, 0.1) is 0 Å². The van der Waals surface area contributed by atoms with Crippen LogP contribution in [-0.4, -0.2) is 61.1 Å². The fraction of sp³-hybridized carbons (Fsp3) is 0.938. The van der Waals surface area contributed by atoms with Gasteiger partial charge in [0.1, 0.15) is 0 Å². The first kappa shape index (κ1) is 14.3. The Morgan fingerprint density at radius 3 is 2.40 bits per heavy atom. The number of amides is 1. The molecule has 3 saturated heterocycles. The summed E-state index contributed by atoms with van der Waals surface area (Å²) < 4.78 is 5.36. The summed E-state index contributed by atoms with van der Waals surface area (Å²) in [5, 5.41) is 0. The van der Waals surface area contributed by atoms with Crippen LogP contribution < -0.4 is 0 Å². The maximum absolute atomic E-state index is 12.6. The first-order chi connectivity index (χ1) is 9.71. The molecule has 0 bridgehead atoms. The van der Waals surface area contributed by atoms with E-state index in [-0.39, 0.29) is 5.92 Å². The molecular weight excluding hydrogens is 252 g/mol. The molecule has 0 aliphatic carbocycles. The molecule has 3 aliphatic rings. The van der Waals surface area contributed by atoms with Crippen molar-refractivity contribution >= 4 is 5.91 Å². The monoisotopic (exact) mass is 280 g/mol. The van der Waals surface area contributed by atoms with Crippen LogP contribution in [0.1, 0.15) is 44.9 Å². The Balaban J connectivity index is 1.56. The second-order valence-corrected chi connectivity index (χ2v) is 6.81. The molecule has 0 unspecified atom stereocenters. The minimum Gasteiger partial charge on any atom is -0.381 e. The van der Waals surface area contributed by atoms with E-state index in [1.54, 1.807) is 0 Å². The molecule has 0 aromatic heterocycles. The van der Waals surface area contributed by atoms with Crippen molar-refractivity contribution in [3.63, 3.8) is 0 Å². The van der Waals surface area contributed by atoms with E-state index in [1.165, 1.54) is 38.6 Å². The summed E-state index contributed by atoms with van der Waals surface area (Å²) in [6, 6.07) is 0. The van der Waals surface area contributed by atoms with Crippen molar-refractivity contribution in [3.8, 4) is 0 Å². The standard InChI is InChI=1S/C16H28N2O2/c1-17-9-3-2-6-16(17)7-10-18(11-8-16)15(19)14-4-12-20-13-5-14/h14H,2-13H2,1H3. The highest BCUT2D eigenvalue weighted by Gasteiger charge is 2.41. The molecule has 114 valence electrons. The molecule has 0 aromatic carbocycles. The largest absolute Gasteiger partial charge is 0.381 e. The van der Waals surface area contributed by atoms with E-state index in [2.05, 4.69) is 16.8 Å². The van der Waals surface area contributed by atoms with Crippen LogP contribution in [-0.2, 0) is 9.53 Å². The molecule has 3 rings (SSSR count). The van der Waals surface area contributed by atoms with Crippen LogP contribution in [0.4, 0.5) is 0 Å². The number of nitrogens with zero attached hydrogens (tertiary/aromatic N) is 2. The summed E-state index contributed by atoms with van der Waals surface area (Å²) >= 11 is 0. The Hall–Kier alpha value is -0.610. The SMILES string of the molecule is CN1CCCCC12CCN(C(=O)C1CCOCC1)CC2. The van der Waals surface area contributed by atoms with Crippen molar-refractivity contribution in [2.75, 3.05) is 39.9 Å². The number of rotatable bonds is 1. The fourth-order valence-corrected chi connectivity index (χ4v) is 4.21. The van der Waals surface area contributed by atoms with Crippen LogP contribution in [0.2, 0.25) is 0 Å². The van der Waals surface area contributed by atoms with Crippen LogP contribution in [0, 0.1) is 5.92 Å². The average Bonchev–Trinajstić information content (AvgIpc) is 2.51. The van der Waals surface area contributed by atoms with Crippen molar-refractivity contribution in [1.82, 2.24) is 9.80 Å². The molecule has 0 N–H and O–H groups in total. The van der Waals surface area contributed by atoms with Gasteiger partial charge in [0.25, 0.3) is 0 Å². The van der Waals surface area contributed by atoms with E-state index >= 15 is 0 Å². The number of hydrogen-bond acceptors (Lipinski definition) is 3. The highest BCUT2D eigenvalue weighted by molar-refractivity contribution is 5.79. The molecule has 0 radical (unpaired) electrons. The minimum absolute atomic E-state index is 0.224. The molecule has 0 atom stereocenters. The van der Waals surface area contributed by atoms with Gasteiger partial charge in [-0.25, -0.2) is 0 Å². The summed E-state index contributed by atoms with van der Waals surface area (Å²) in [5.41, 5.74) is 0.394. The molecular formula is C16H28N2O2. The van der Waals surface area contributed by atoms with Crippen molar-refractivity contribution < 1.29 is 9.53 Å². The van der Waals surface area contributed by atoms with Gasteiger partial charge in [0.2, 0.25) is 5.91 Å². The number of carbonyl (C=O) groups excluding carboxylic acids is 1. The molecule has 3 aliphatic heterocycles. The van der Waals surface area contributed by atoms with Crippen molar-refractivity contribution in [2.45, 2.75) is 50.5 Å². The lowest BCUT2D eigenvalue weighted by atomic mass is 9.78. The molecule has 4 nitrogen and oxygen atoms in total. The van der Waals surface area contributed by atoms with Gasteiger partial charge < -0.3 is 14.5 Å². The zero-order chi connectivity index (χ0) is 14.0. The van der Waals surface area contributed by atoms with Gasteiger partial charge >= 0.3 is 0 Å². The topological polar surface area (TPSA) is 32.8 Å². The van der Waals surface area contributed by atoms with Crippen LogP contribution in [0.25, 0.3) is 0 Å². The second-order valence-electron chi connectivity index (χ2n) is 6.81. The van der Waals surface area contributed by atoms with Crippen molar-refractivity contribution in [3.05, 3.63) is 0 Å². The highest BCUT2D eigenvalue weighted by atomic mass is 16.5. The summed E-state index contributed by atoms with van der Waals surface area (Å²) in [6.45, 7) is 4.67. The van der Waals surface area contributed by atoms with E-state index in [0.29, 0.717) is 11.4 Å². The fourth-order valence-electron chi connectivity index (χ4n) is 4.21. The quantitative estimate of drug-likeness (QED) is 0.735. The predicted molar refractivity (Wildman–Crippen MR) is 78.6 cm³/mol. The number of likely N-dealkylation sites (tertiary alicyclic amines) is 2. The lowest BCUT2D eigenvalue weighted by Crippen LogP contribution is -2.57. The van der Waals surface area contributed by atoms with Gasteiger partial charge in [-0.05, 0) is 52.1 Å². The van der Waals surface area contributed by atoms with Crippen LogP contribution in [0.5, 0.6) is 0 Å². The maximum atomic E-state index is 12.6. The minimum atomic E-state index is 0.224. The molecule has 4 heteroatoms. The van der Waals surface area contributed by atoms with Crippen LogP contribution in [0.15, 0.2) is 0 Å².